The second kappa shape index (κ2) is 7.75. The molecule has 0 heterocycles. The van der Waals surface area contributed by atoms with Crippen LogP contribution in [0, 0.1) is 0 Å². The van der Waals surface area contributed by atoms with Crippen LogP contribution in [0.15, 0.2) is 73.3 Å². The third kappa shape index (κ3) is 5.03. The van der Waals surface area contributed by atoms with Crippen molar-refractivity contribution in [2.75, 3.05) is 17.2 Å². The van der Waals surface area contributed by atoms with Crippen molar-refractivity contribution < 1.29 is 9.53 Å². The van der Waals surface area contributed by atoms with Gasteiger partial charge in [-0.1, -0.05) is 43.0 Å². The van der Waals surface area contributed by atoms with E-state index in [0.717, 1.165) is 17.5 Å². The standard InChI is InChI=1S/C17H18N2O2/c1-2-17(20)21-13-16(18-14-9-5-3-6-10-14)19-15-11-7-4-8-12-15/h2-12,16,18-19H,1,13H2. The first-order chi connectivity index (χ1) is 10.3. The normalized spacial score (nSPS) is 9.95. The molecule has 4 nitrogen and oxygen atoms in total. The third-order valence-corrected chi connectivity index (χ3v) is 2.79. The van der Waals surface area contributed by atoms with Crippen LogP contribution in [-0.4, -0.2) is 18.7 Å². The molecule has 2 aromatic rings. The molecular weight excluding hydrogens is 264 g/mol. The maximum atomic E-state index is 11.2. The molecule has 21 heavy (non-hydrogen) atoms. The van der Waals surface area contributed by atoms with Gasteiger partial charge in [-0.05, 0) is 24.3 Å². The van der Waals surface area contributed by atoms with Crippen LogP contribution in [0.1, 0.15) is 0 Å². The van der Waals surface area contributed by atoms with Crippen molar-refractivity contribution in [1.82, 2.24) is 0 Å². The van der Waals surface area contributed by atoms with Gasteiger partial charge >= 0.3 is 5.97 Å². The average Bonchev–Trinajstić information content (AvgIpc) is 2.54. The summed E-state index contributed by atoms with van der Waals surface area (Å²) < 4.78 is 5.12. The van der Waals surface area contributed by atoms with Crippen molar-refractivity contribution in [2.24, 2.45) is 0 Å². The minimum absolute atomic E-state index is 0.189. The van der Waals surface area contributed by atoms with Crippen molar-refractivity contribution in [2.45, 2.75) is 6.17 Å². The van der Waals surface area contributed by atoms with E-state index in [-0.39, 0.29) is 12.8 Å². The fraction of sp³-hybridized carbons (Fsp3) is 0.118. The summed E-state index contributed by atoms with van der Waals surface area (Å²) >= 11 is 0. The molecule has 0 radical (unpaired) electrons. The molecule has 0 atom stereocenters. The first-order valence-corrected chi connectivity index (χ1v) is 6.70. The Hall–Kier alpha value is -2.75. The van der Waals surface area contributed by atoms with Gasteiger partial charge in [-0.25, -0.2) is 4.79 Å². The summed E-state index contributed by atoms with van der Waals surface area (Å²) in [5, 5.41) is 6.57. The summed E-state index contributed by atoms with van der Waals surface area (Å²) in [5.74, 6) is -0.440. The van der Waals surface area contributed by atoms with Crippen molar-refractivity contribution in [3.63, 3.8) is 0 Å². The molecule has 0 amide bonds. The predicted octanol–water partition coefficient (Wildman–Crippen LogP) is 3.27. The quantitative estimate of drug-likeness (QED) is 0.465. The van der Waals surface area contributed by atoms with Crippen LogP contribution in [-0.2, 0) is 9.53 Å². The summed E-state index contributed by atoms with van der Waals surface area (Å²) in [6.07, 6.45) is 0.918. The Kier molecular flexibility index (Phi) is 5.41. The molecule has 0 fully saturated rings. The number of carbonyl (C=O) groups is 1. The van der Waals surface area contributed by atoms with Gasteiger partial charge in [0.15, 0.2) is 0 Å². The van der Waals surface area contributed by atoms with E-state index in [4.69, 9.17) is 4.74 Å². The Labute approximate surface area is 124 Å². The van der Waals surface area contributed by atoms with Crippen molar-refractivity contribution in [1.29, 1.82) is 0 Å². The van der Waals surface area contributed by atoms with Crippen LogP contribution < -0.4 is 10.6 Å². The average molecular weight is 282 g/mol. The van der Waals surface area contributed by atoms with Crippen LogP contribution >= 0.6 is 0 Å². The molecule has 108 valence electrons. The van der Waals surface area contributed by atoms with Gasteiger partial charge in [0.25, 0.3) is 0 Å². The topological polar surface area (TPSA) is 50.4 Å². The van der Waals surface area contributed by atoms with E-state index in [1.807, 2.05) is 60.7 Å². The second-order valence-corrected chi connectivity index (χ2v) is 4.41. The highest BCUT2D eigenvalue weighted by atomic mass is 16.5. The van der Waals surface area contributed by atoms with Gasteiger partial charge in [0.2, 0.25) is 0 Å². The molecule has 2 rings (SSSR count). The van der Waals surface area contributed by atoms with Crippen LogP contribution in [0.25, 0.3) is 0 Å². The lowest BCUT2D eigenvalue weighted by Gasteiger charge is -2.22. The molecule has 2 aromatic carbocycles. The first kappa shape index (κ1) is 14.7. The Morgan fingerprint density at radius 3 is 1.90 bits per heavy atom. The minimum Gasteiger partial charge on any atom is -0.458 e. The zero-order chi connectivity index (χ0) is 14.9. The summed E-state index contributed by atoms with van der Waals surface area (Å²) in [6.45, 7) is 3.58. The number of esters is 1. The lowest BCUT2D eigenvalue weighted by Crippen LogP contribution is -2.34. The number of hydrogen-bond donors (Lipinski definition) is 2. The lowest BCUT2D eigenvalue weighted by molar-refractivity contribution is -0.137. The number of anilines is 2. The summed E-state index contributed by atoms with van der Waals surface area (Å²) in [6, 6.07) is 19.5. The Balaban J connectivity index is 2.02. The van der Waals surface area contributed by atoms with E-state index < -0.39 is 5.97 Å². The van der Waals surface area contributed by atoms with E-state index in [9.17, 15) is 4.79 Å². The number of benzene rings is 2. The molecule has 0 aliphatic carbocycles. The van der Waals surface area contributed by atoms with E-state index in [1.165, 1.54) is 0 Å². The van der Waals surface area contributed by atoms with Crippen LogP contribution in [0.4, 0.5) is 11.4 Å². The molecule has 0 bridgehead atoms. The summed E-state index contributed by atoms with van der Waals surface area (Å²) in [5.41, 5.74) is 1.89. The maximum absolute atomic E-state index is 11.2. The highest BCUT2D eigenvalue weighted by molar-refractivity contribution is 5.81. The second-order valence-electron chi connectivity index (χ2n) is 4.41. The molecule has 0 aliphatic heterocycles. The third-order valence-electron chi connectivity index (χ3n) is 2.79. The molecule has 0 saturated carbocycles. The lowest BCUT2D eigenvalue weighted by atomic mass is 10.3. The molecule has 2 N–H and O–H groups in total. The molecule has 0 aliphatic rings. The zero-order valence-corrected chi connectivity index (χ0v) is 11.7. The van der Waals surface area contributed by atoms with Crippen LogP contribution in [0.5, 0.6) is 0 Å². The highest BCUT2D eigenvalue weighted by Gasteiger charge is 2.10. The monoisotopic (exact) mass is 282 g/mol. The maximum Gasteiger partial charge on any atom is 0.330 e. The number of rotatable bonds is 7. The molecule has 0 saturated heterocycles. The highest BCUT2D eigenvalue weighted by Crippen LogP contribution is 2.11. The van der Waals surface area contributed by atoms with E-state index in [1.54, 1.807) is 0 Å². The van der Waals surface area contributed by atoms with Gasteiger partial charge in [0, 0.05) is 17.5 Å². The van der Waals surface area contributed by atoms with Gasteiger partial charge in [-0.2, -0.15) is 0 Å². The van der Waals surface area contributed by atoms with Crippen molar-refractivity contribution in [3.05, 3.63) is 73.3 Å². The van der Waals surface area contributed by atoms with Gasteiger partial charge in [0.05, 0.1) is 0 Å². The SMILES string of the molecule is C=CC(=O)OCC(Nc1ccccc1)Nc1ccccc1. The fourth-order valence-corrected chi connectivity index (χ4v) is 1.81. The number of hydrogen-bond acceptors (Lipinski definition) is 4. The van der Waals surface area contributed by atoms with Gasteiger partial charge in [0.1, 0.15) is 12.8 Å². The first-order valence-electron chi connectivity index (χ1n) is 6.70. The molecule has 0 spiro atoms. The van der Waals surface area contributed by atoms with Crippen molar-refractivity contribution in [3.8, 4) is 0 Å². The largest absolute Gasteiger partial charge is 0.458 e. The number of para-hydroxylation sites is 2. The summed E-state index contributed by atoms with van der Waals surface area (Å²) in [7, 11) is 0. The fourth-order valence-electron chi connectivity index (χ4n) is 1.81. The van der Waals surface area contributed by atoms with Crippen LogP contribution in [0.3, 0.4) is 0 Å². The number of nitrogens with one attached hydrogen (secondary N) is 2. The Morgan fingerprint density at radius 1 is 1.00 bits per heavy atom. The summed E-state index contributed by atoms with van der Waals surface area (Å²) in [4.78, 5) is 11.2. The van der Waals surface area contributed by atoms with E-state index in [0.29, 0.717) is 0 Å². The molecule has 0 aromatic heterocycles. The van der Waals surface area contributed by atoms with Gasteiger partial charge in [-0.15, -0.1) is 0 Å². The van der Waals surface area contributed by atoms with E-state index in [2.05, 4.69) is 17.2 Å². The minimum atomic E-state index is -0.440. The number of ether oxygens (including phenoxy) is 1. The molecular formula is C17H18N2O2. The van der Waals surface area contributed by atoms with Crippen LogP contribution in [0.2, 0.25) is 0 Å². The Morgan fingerprint density at radius 2 is 1.48 bits per heavy atom. The zero-order valence-electron chi connectivity index (χ0n) is 11.7. The van der Waals surface area contributed by atoms with Crippen molar-refractivity contribution >= 4 is 17.3 Å². The number of carbonyl (C=O) groups excluding carboxylic acids is 1. The molecule has 4 heteroatoms. The Bertz CT molecular complexity index is 528. The van der Waals surface area contributed by atoms with Gasteiger partial charge < -0.3 is 15.4 Å². The predicted molar refractivity (Wildman–Crippen MR) is 85.1 cm³/mol. The molecule has 0 unspecified atom stereocenters. The smallest absolute Gasteiger partial charge is 0.330 e. The van der Waals surface area contributed by atoms with Gasteiger partial charge in [-0.3, -0.25) is 0 Å². The van der Waals surface area contributed by atoms with E-state index >= 15 is 0 Å².